The van der Waals surface area contributed by atoms with Crippen molar-refractivity contribution >= 4 is 11.6 Å². The van der Waals surface area contributed by atoms with Gasteiger partial charge in [-0.05, 0) is 24.5 Å². The fraction of sp³-hybridized carbons (Fsp3) is 0.533. The highest BCUT2D eigenvalue weighted by Gasteiger charge is 2.38. The van der Waals surface area contributed by atoms with E-state index in [2.05, 4.69) is 0 Å². The average molecular weight is 260 g/mol. The molecule has 2 aliphatic rings. The second kappa shape index (κ2) is 4.85. The largest absolute Gasteiger partial charge is 0.398 e. The van der Waals surface area contributed by atoms with Gasteiger partial charge < -0.3 is 15.7 Å². The Morgan fingerprint density at radius 1 is 1.32 bits per heavy atom. The molecule has 1 heterocycles. The van der Waals surface area contributed by atoms with Crippen LogP contribution in [0, 0.1) is 5.92 Å². The van der Waals surface area contributed by atoms with Crippen molar-refractivity contribution in [2.75, 3.05) is 12.3 Å². The van der Waals surface area contributed by atoms with Crippen LogP contribution in [-0.2, 0) is 6.54 Å². The maximum Gasteiger partial charge on any atom is 0.256 e. The van der Waals surface area contributed by atoms with Crippen molar-refractivity contribution in [1.82, 2.24) is 4.90 Å². The molecule has 0 aromatic heterocycles. The molecule has 102 valence electrons. The van der Waals surface area contributed by atoms with E-state index in [-0.39, 0.29) is 24.5 Å². The molecule has 0 bridgehead atoms. The summed E-state index contributed by atoms with van der Waals surface area (Å²) in [5.41, 5.74) is 8.19. The summed E-state index contributed by atoms with van der Waals surface area (Å²) in [4.78, 5) is 14.5. The Kier molecular flexibility index (Phi) is 3.19. The van der Waals surface area contributed by atoms with Crippen LogP contribution in [0.15, 0.2) is 18.2 Å². The Balaban J connectivity index is 1.89. The summed E-state index contributed by atoms with van der Waals surface area (Å²) in [7, 11) is 0. The molecule has 1 aromatic rings. The molecule has 0 radical (unpaired) electrons. The van der Waals surface area contributed by atoms with Crippen LogP contribution in [0.25, 0.3) is 0 Å². The first-order valence-corrected chi connectivity index (χ1v) is 7.01. The van der Waals surface area contributed by atoms with Crippen molar-refractivity contribution in [1.29, 1.82) is 0 Å². The van der Waals surface area contributed by atoms with Gasteiger partial charge in [-0.3, -0.25) is 4.79 Å². The van der Waals surface area contributed by atoms with Gasteiger partial charge in [-0.15, -0.1) is 0 Å². The van der Waals surface area contributed by atoms with E-state index >= 15 is 0 Å². The lowest BCUT2D eigenvalue weighted by Crippen LogP contribution is -2.44. The van der Waals surface area contributed by atoms with E-state index in [0.717, 1.165) is 31.2 Å². The van der Waals surface area contributed by atoms with Crippen molar-refractivity contribution < 1.29 is 9.90 Å². The fourth-order valence-electron chi connectivity index (χ4n) is 3.49. The maximum absolute atomic E-state index is 12.5. The van der Waals surface area contributed by atoms with Gasteiger partial charge in [0.05, 0.1) is 5.56 Å². The van der Waals surface area contributed by atoms with Crippen molar-refractivity contribution in [2.45, 2.75) is 38.3 Å². The molecule has 1 aliphatic carbocycles. The second-order valence-corrected chi connectivity index (χ2v) is 5.61. The second-order valence-electron chi connectivity index (χ2n) is 5.61. The molecule has 1 aromatic carbocycles. The predicted octanol–water partition coefficient (Wildman–Crippen LogP) is 1.78. The average Bonchev–Trinajstić information content (AvgIpc) is 2.77. The lowest BCUT2D eigenvalue weighted by atomic mass is 9.84. The van der Waals surface area contributed by atoms with Crippen LogP contribution in [0.5, 0.6) is 0 Å². The van der Waals surface area contributed by atoms with Crippen LogP contribution in [-0.4, -0.2) is 28.6 Å². The molecule has 0 saturated heterocycles. The Morgan fingerprint density at radius 2 is 2.11 bits per heavy atom. The Labute approximate surface area is 113 Å². The van der Waals surface area contributed by atoms with Gasteiger partial charge in [0.2, 0.25) is 0 Å². The van der Waals surface area contributed by atoms with Gasteiger partial charge in [-0.25, -0.2) is 0 Å². The minimum absolute atomic E-state index is 0.0402. The number of fused-ring (bicyclic) bond motifs is 1. The SMILES string of the molecule is Nc1cccc2c1C(=O)N([C@@H]1CCCC[C@@H]1CO)C2. The van der Waals surface area contributed by atoms with Crippen LogP contribution in [0.1, 0.15) is 41.6 Å². The van der Waals surface area contributed by atoms with Crippen molar-refractivity contribution in [3.8, 4) is 0 Å². The first-order valence-electron chi connectivity index (χ1n) is 7.01. The number of hydrogen-bond acceptors (Lipinski definition) is 3. The summed E-state index contributed by atoms with van der Waals surface area (Å²) < 4.78 is 0. The van der Waals surface area contributed by atoms with Crippen molar-refractivity contribution in [3.05, 3.63) is 29.3 Å². The number of rotatable bonds is 2. The first-order chi connectivity index (χ1) is 9.22. The van der Waals surface area contributed by atoms with Crippen LogP contribution < -0.4 is 5.73 Å². The van der Waals surface area contributed by atoms with E-state index in [1.807, 2.05) is 17.0 Å². The van der Waals surface area contributed by atoms with Gasteiger partial charge >= 0.3 is 0 Å². The standard InChI is InChI=1S/C15H20N2O2/c16-12-6-3-5-10-8-17(15(19)14(10)12)13-7-2-1-4-11(13)9-18/h3,5-6,11,13,18H,1-2,4,7-9,16H2/t11-,13-/m1/s1. The summed E-state index contributed by atoms with van der Waals surface area (Å²) in [5.74, 6) is 0.256. The molecule has 4 heteroatoms. The number of carbonyl (C=O) groups excluding carboxylic acids is 1. The number of carbonyl (C=O) groups is 1. The normalized spacial score (nSPS) is 26.6. The number of benzene rings is 1. The zero-order chi connectivity index (χ0) is 13.4. The quantitative estimate of drug-likeness (QED) is 0.796. The van der Waals surface area contributed by atoms with E-state index < -0.39 is 0 Å². The van der Waals surface area contributed by atoms with Gasteiger partial charge in [0.1, 0.15) is 0 Å². The monoisotopic (exact) mass is 260 g/mol. The maximum atomic E-state index is 12.5. The molecule has 1 saturated carbocycles. The number of anilines is 1. The third kappa shape index (κ3) is 2.00. The number of amides is 1. The number of aliphatic hydroxyl groups is 1. The summed E-state index contributed by atoms with van der Waals surface area (Å²) in [6, 6.07) is 5.82. The lowest BCUT2D eigenvalue weighted by molar-refractivity contribution is 0.0454. The van der Waals surface area contributed by atoms with Gasteiger partial charge in [-0.2, -0.15) is 0 Å². The van der Waals surface area contributed by atoms with E-state index in [4.69, 9.17) is 5.73 Å². The molecule has 4 nitrogen and oxygen atoms in total. The predicted molar refractivity (Wildman–Crippen MR) is 73.6 cm³/mol. The number of hydrogen-bond donors (Lipinski definition) is 2. The minimum atomic E-state index is 0.0402. The minimum Gasteiger partial charge on any atom is -0.398 e. The first kappa shape index (κ1) is 12.5. The number of nitrogens with zero attached hydrogens (tertiary/aromatic N) is 1. The van der Waals surface area contributed by atoms with E-state index in [1.54, 1.807) is 6.07 Å². The summed E-state index contributed by atoms with van der Waals surface area (Å²) in [6.45, 7) is 0.806. The highest BCUT2D eigenvalue weighted by Crippen LogP contribution is 2.35. The van der Waals surface area contributed by atoms with Gasteiger partial charge in [0.15, 0.2) is 0 Å². The highest BCUT2D eigenvalue weighted by molar-refractivity contribution is 6.03. The molecule has 0 unspecified atom stereocenters. The van der Waals surface area contributed by atoms with Gasteiger partial charge in [-0.1, -0.05) is 25.0 Å². The highest BCUT2D eigenvalue weighted by atomic mass is 16.3. The molecule has 2 atom stereocenters. The van der Waals surface area contributed by atoms with Gasteiger partial charge in [0.25, 0.3) is 5.91 Å². The topological polar surface area (TPSA) is 66.6 Å². The van der Waals surface area contributed by atoms with Crippen LogP contribution in [0.2, 0.25) is 0 Å². The number of nitrogen functional groups attached to an aromatic ring is 1. The number of nitrogens with two attached hydrogens (primary N) is 1. The molecule has 0 spiro atoms. The molecule has 3 N–H and O–H groups in total. The molecular weight excluding hydrogens is 240 g/mol. The molecule has 1 aliphatic heterocycles. The summed E-state index contributed by atoms with van der Waals surface area (Å²) in [5, 5.41) is 9.52. The van der Waals surface area contributed by atoms with Crippen molar-refractivity contribution in [2.24, 2.45) is 5.92 Å². The third-order valence-corrected chi connectivity index (χ3v) is 4.50. The Morgan fingerprint density at radius 3 is 2.84 bits per heavy atom. The zero-order valence-corrected chi connectivity index (χ0v) is 11.0. The van der Waals surface area contributed by atoms with E-state index in [0.29, 0.717) is 17.8 Å². The summed E-state index contributed by atoms with van der Waals surface area (Å²) in [6.07, 6.45) is 4.29. The number of aliphatic hydroxyl groups excluding tert-OH is 1. The smallest absolute Gasteiger partial charge is 0.256 e. The van der Waals surface area contributed by atoms with E-state index in [1.165, 1.54) is 0 Å². The van der Waals surface area contributed by atoms with E-state index in [9.17, 15) is 9.90 Å². The van der Waals surface area contributed by atoms with Crippen LogP contribution >= 0.6 is 0 Å². The molecule has 1 fully saturated rings. The molecular formula is C15H20N2O2. The van der Waals surface area contributed by atoms with Crippen molar-refractivity contribution in [3.63, 3.8) is 0 Å². The third-order valence-electron chi connectivity index (χ3n) is 4.50. The molecule has 19 heavy (non-hydrogen) atoms. The van der Waals surface area contributed by atoms with Crippen LogP contribution in [0.4, 0.5) is 5.69 Å². The van der Waals surface area contributed by atoms with Crippen LogP contribution in [0.3, 0.4) is 0 Å². The lowest BCUT2D eigenvalue weighted by Gasteiger charge is -2.37. The zero-order valence-electron chi connectivity index (χ0n) is 11.0. The Hall–Kier alpha value is -1.55. The molecule has 1 amide bonds. The van der Waals surface area contributed by atoms with Gasteiger partial charge in [0, 0.05) is 30.8 Å². The molecule has 3 rings (SSSR count). The Bertz CT molecular complexity index is 501. The fourth-order valence-corrected chi connectivity index (χ4v) is 3.49. The summed E-state index contributed by atoms with van der Waals surface area (Å²) >= 11 is 0.